The smallest absolute Gasteiger partial charge is 0.226 e. The molecule has 24 heavy (non-hydrogen) atoms. The summed E-state index contributed by atoms with van der Waals surface area (Å²) in [6.45, 7) is 3.12. The molecule has 2 rings (SSSR count). The third-order valence-electron chi connectivity index (χ3n) is 3.60. The van der Waals surface area contributed by atoms with Crippen LogP contribution in [0.1, 0.15) is 13.3 Å². The second-order valence-corrected chi connectivity index (χ2v) is 5.64. The fraction of sp³-hybridized carbons (Fsp3) is 0.278. The van der Waals surface area contributed by atoms with E-state index in [-0.39, 0.29) is 18.1 Å². The number of benzene rings is 2. The van der Waals surface area contributed by atoms with Crippen LogP contribution in [-0.4, -0.2) is 26.1 Å². The molecular formula is C18H20ClFN2O2. The number of carbonyl (C=O) groups excluding carboxylic acids is 1. The zero-order chi connectivity index (χ0) is 17.5. The molecule has 1 amide bonds. The van der Waals surface area contributed by atoms with Crippen molar-refractivity contribution in [1.29, 1.82) is 0 Å². The fourth-order valence-corrected chi connectivity index (χ4v) is 2.54. The van der Waals surface area contributed by atoms with Crippen molar-refractivity contribution in [3.63, 3.8) is 0 Å². The highest BCUT2D eigenvalue weighted by atomic mass is 35.5. The lowest BCUT2D eigenvalue weighted by Gasteiger charge is -2.23. The second kappa shape index (κ2) is 8.55. The minimum absolute atomic E-state index is 0.162. The molecular weight excluding hydrogens is 331 g/mol. The topological polar surface area (TPSA) is 41.6 Å². The molecule has 0 atom stereocenters. The van der Waals surface area contributed by atoms with Gasteiger partial charge in [0.15, 0.2) is 0 Å². The third-order valence-corrected chi connectivity index (χ3v) is 3.83. The number of methoxy groups -OCH3 is 1. The van der Waals surface area contributed by atoms with Crippen LogP contribution >= 0.6 is 11.6 Å². The molecule has 0 saturated heterocycles. The SMILES string of the molecule is CCN(CCC(=O)Nc1cc(Cl)ccc1OC)c1cccc(F)c1. The molecule has 4 nitrogen and oxygen atoms in total. The average Bonchev–Trinajstić information content (AvgIpc) is 2.56. The number of nitrogens with one attached hydrogen (secondary N) is 1. The number of anilines is 2. The zero-order valence-corrected chi connectivity index (χ0v) is 14.4. The Morgan fingerprint density at radius 1 is 1.29 bits per heavy atom. The highest BCUT2D eigenvalue weighted by molar-refractivity contribution is 6.31. The maximum Gasteiger partial charge on any atom is 0.226 e. The Hall–Kier alpha value is -2.27. The highest BCUT2D eigenvalue weighted by Crippen LogP contribution is 2.27. The van der Waals surface area contributed by atoms with E-state index < -0.39 is 0 Å². The van der Waals surface area contributed by atoms with E-state index >= 15 is 0 Å². The lowest BCUT2D eigenvalue weighted by molar-refractivity contribution is -0.116. The van der Waals surface area contributed by atoms with Gasteiger partial charge in [0.05, 0.1) is 12.8 Å². The summed E-state index contributed by atoms with van der Waals surface area (Å²) in [7, 11) is 1.53. The predicted molar refractivity (Wildman–Crippen MR) is 95.5 cm³/mol. The van der Waals surface area contributed by atoms with Gasteiger partial charge in [0.25, 0.3) is 0 Å². The van der Waals surface area contributed by atoms with Crippen LogP contribution in [0.2, 0.25) is 5.02 Å². The molecule has 0 aromatic heterocycles. The second-order valence-electron chi connectivity index (χ2n) is 5.20. The molecule has 0 saturated carbocycles. The number of halogens is 2. The van der Waals surface area contributed by atoms with Gasteiger partial charge in [0.1, 0.15) is 11.6 Å². The Labute approximate surface area is 146 Å². The summed E-state index contributed by atoms with van der Waals surface area (Å²) in [5.74, 6) is 0.0923. The first kappa shape index (κ1) is 18.1. The summed E-state index contributed by atoms with van der Waals surface area (Å²) >= 11 is 5.95. The maximum atomic E-state index is 13.3. The van der Waals surface area contributed by atoms with Gasteiger partial charge in [-0.2, -0.15) is 0 Å². The number of hydrogen-bond acceptors (Lipinski definition) is 3. The van der Waals surface area contributed by atoms with Gasteiger partial charge in [-0.05, 0) is 43.3 Å². The van der Waals surface area contributed by atoms with Gasteiger partial charge in [-0.1, -0.05) is 17.7 Å². The Morgan fingerprint density at radius 2 is 2.08 bits per heavy atom. The maximum absolute atomic E-state index is 13.3. The largest absolute Gasteiger partial charge is 0.495 e. The van der Waals surface area contributed by atoms with Crippen molar-refractivity contribution < 1.29 is 13.9 Å². The summed E-state index contributed by atoms with van der Waals surface area (Å²) in [5, 5.41) is 3.31. The van der Waals surface area contributed by atoms with Gasteiger partial charge in [0.2, 0.25) is 5.91 Å². The number of rotatable bonds is 7. The summed E-state index contributed by atoms with van der Waals surface area (Å²) in [6, 6.07) is 11.4. The quantitative estimate of drug-likeness (QED) is 0.807. The van der Waals surface area contributed by atoms with Gasteiger partial charge in [-0.25, -0.2) is 4.39 Å². The summed E-state index contributed by atoms with van der Waals surface area (Å²) < 4.78 is 18.5. The molecule has 0 unspecified atom stereocenters. The van der Waals surface area contributed by atoms with Crippen molar-refractivity contribution in [3.05, 3.63) is 53.3 Å². The number of carbonyl (C=O) groups is 1. The van der Waals surface area contributed by atoms with Crippen LogP contribution in [0.4, 0.5) is 15.8 Å². The minimum atomic E-state index is -0.293. The van der Waals surface area contributed by atoms with Crippen molar-refractivity contribution in [1.82, 2.24) is 0 Å². The van der Waals surface area contributed by atoms with Crippen LogP contribution < -0.4 is 15.0 Å². The molecule has 0 spiro atoms. The average molecular weight is 351 g/mol. The van der Waals surface area contributed by atoms with Crippen LogP contribution in [-0.2, 0) is 4.79 Å². The molecule has 128 valence electrons. The van der Waals surface area contributed by atoms with Crippen molar-refractivity contribution in [2.45, 2.75) is 13.3 Å². The third kappa shape index (κ3) is 4.86. The Balaban J connectivity index is 1.98. The summed E-state index contributed by atoms with van der Waals surface area (Å²) in [6.07, 6.45) is 0.264. The van der Waals surface area contributed by atoms with E-state index in [1.807, 2.05) is 17.9 Å². The van der Waals surface area contributed by atoms with Crippen molar-refractivity contribution >= 4 is 28.9 Å². The molecule has 0 bridgehead atoms. The molecule has 0 radical (unpaired) electrons. The minimum Gasteiger partial charge on any atom is -0.495 e. The van der Waals surface area contributed by atoms with E-state index in [1.54, 1.807) is 24.3 Å². The molecule has 0 heterocycles. The van der Waals surface area contributed by atoms with Crippen molar-refractivity contribution in [2.24, 2.45) is 0 Å². The first-order valence-electron chi connectivity index (χ1n) is 7.67. The zero-order valence-electron chi connectivity index (χ0n) is 13.7. The van der Waals surface area contributed by atoms with E-state index in [0.29, 0.717) is 29.5 Å². The van der Waals surface area contributed by atoms with Gasteiger partial charge in [-0.3, -0.25) is 4.79 Å². The van der Waals surface area contributed by atoms with E-state index in [1.165, 1.54) is 19.2 Å². The number of ether oxygens (including phenoxy) is 1. The van der Waals surface area contributed by atoms with Crippen LogP contribution in [0.3, 0.4) is 0 Å². The van der Waals surface area contributed by atoms with Crippen LogP contribution in [0.25, 0.3) is 0 Å². The predicted octanol–water partition coefficient (Wildman–Crippen LogP) is 4.34. The highest BCUT2D eigenvalue weighted by Gasteiger charge is 2.11. The first-order valence-corrected chi connectivity index (χ1v) is 8.05. The van der Waals surface area contributed by atoms with Crippen molar-refractivity contribution in [2.75, 3.05) is 30.4 Å². The summed E-state index contributed by atoms with van der Waals surface area (Å²) in [5.41, 5.74) is 1.29. The molecule has 0 aliphatic rings. The number of amides is 1. The standard InChI is InChI=1S/C18H20ClFN2O2/c1-3-22(15-6-4-5-14(20)12-15)10-9-18(23)21-16-11-13(19)7-8-17(16)24-2/h4-8,11-12H,3,9-10H2,1-2H3,(H,21,23). The molecule has 0 aliphatic carbocycles. The molecule has 6 heteroatoms. The Bertz CT molecular complexity index is 709. The van der Waals surface area contributed by atoms with Crippen LogP contribution in [0, 0.1) is 5.82 Å². The molecule has 2 aromatic rings. The van der Waals surface area contributed by atoms with E-state index in [0.717, 1.165) is 5.69 Å². The lowest BCUT2D eigenvalue weighted by atomic mass is 10.2. The number of hydrogen-bond donors (Lipinski definition) is 1. The normalized spacial score (nSPS) is 10.3. The van der Waals surface area contributed by atoms with Crippen molar-refractivity contribution in [3.8, 4) is 5.75 Å². The Kier molecular flexibility index (Phi) is 6.44. The van der Waals surface area contributed by atoms with Crippen LogP contribution in [0.15, 0.2) is 42.5 Å². The molecule has 1 N–H and O–H groups in total. The van der Waals surface area contributed by atoms with E-state index in [4.69, 9.17) is 16.3 Å². The van der Waals surface area contributed by atoms with E-state index in [9.17, 15) is 9.18 Å². The lowest BCUT2D eigenvalue weighted by Crippen LogP contribution is -2.27. The first-order chi connectivity index (χ1) is 11.5. The fourth-order valence-electron chi connectivity index (χ4n) is 2.37. The molecule has 2 aromatic carbocycles. The Morgan fingerprint density at radius 3 is 2.75 bits per heavy atom. The van der Waals surface area contributed by atoms with Crippen LogP contribution in [0.5, 0.6) is 5.75 Å². The van der Waals surface area contributed by atoms with Gasteiger partial charge in [0, 0.05) is 30.2 Å². The van der Waals surface area contributed by atoms with Gasteiger partial charge in [-0.15, -0.1) is 0 Å². The van der Waals surface area contributed by atoms with Gasteiger partial charge < -0.3 is 15.0 Å². The molecule has 0 aliphatic heterocycles. The van der Waals surface area contributed by atoms with Gasteiger partial charge >= 0.3 is 0 Å². The summed E-state index contributed by atoms with van der Waals surface area (Å²) in [4.78, 5) is 14.1. The molecule has 0 fully saturated rings. The van der Waals surface area contributed by atoms with E-state index in [2.05, 4.69) is 5.32 Å². The monoisotopic (exact) mass is 350 g/mol. The number of nitrogens with zero attached hydrogens (tertiary/aromatic N) is 1.